The molecule has 2 atom stereocenters. The van der Waals surface area contributed by atoms with Gasteiger partial charge in [-0.3, -0.25) is 14.4 Å². The number of benzene rings is 2. The van der Waals surface area contributed by atoms with Gasteiger partial charge in [-0.25, -0.2) is 4.79 Å². The van der Waals surface area contributed by atoms with Crippen LogP contribution in [0.5, 0.6) is 0 Å². The first-order valence-electron chi connectivity index (χ1n) is 11.2. The molecule has 1 aliphatic carbocycles. The number of carboxylic acid groups (broad SMARTS) is 1. The predicted octanol–water partition coefficient (Wildman–Crippen LogP) is 2.11. The van der Waals surface area contributed by atoms with Gasteiger partial charge in [0.05, 0.1) is 6.04 Å². The highest BCUT2D eigenvalue weighted by Gasteiger charge is 2.32. The number of carbonyl (C=O) groups excluding carboxylic acids is 3. The Bertz CT molecular complexity index is 1070. The highest BCUT2D eigenvalue weighted by Crippen LogP contribution is 2.44. The summed E-state index contributed by atoms with van der Waals surface area (Å²) in [6, 6.07) is 14.4. The number of fused-ring (bicyclic) bond motifs is 3. The van der Waals surface area contributed by atoms with Gasteiger partial charge in [0.2, 0.25) is 11.8 Å². The quantitative estimate of drug-likeness (QED) is 0.548. The number of nitrogens with zero attached hydrogens (tertiary/aromatic N) is 1. The van der Waals surface area contributed by atoms with Crippen LogP contribution in [0.15, 0.2) is 48.5 Å². The van der Waals surface area contributed by atoms with Crippen molar-refractivity contribution in [3.8, 4) is 11.1 Å². The molecule has 4 rings (SSSR count). The zero-order valence-corrected chi connectivity index (χ0v) is 18.8. The first-order valence-corrected chi connectivity index (χ1v) is 11.2. The molecule has 1 heterocycles. The number of likely N-dealkylation sites (N-methyl/N-ethyl adjacent to an activating group) is 1. The minimum Gasteiger partial charge on any atom is -0.481 e. The summed E-state index contributed by atoms with van der Waals surface area (Å²) in [6.07, 6.45) is -1.03. The van der Waals surface area contributed by atoms with Gasteiger partial charge in [0.15, 0.2) is 0 Å². The third-order valence-electron chi connectivity index (χ3n) is 6.29. The van der Waals surface area contributed by atoms with E-state index >= 15 is 0 Å². The molecule has 3 amide bonds. The van der Waals surface area contributed by atoms with E-state index in [9.17, 15) is 19.2 Å². The van der Waals surface area contributed by atoms with Crippen LogP contribution in [0, 0.1) is 0 Å². The second-order valence-corrected chi connectivity index (χ2v) is 8.64. The molecule has 1 saturated heterocycles. The summed E-state index contributed by atoms with van der Waals surface area (Å²) in [5.41, 5.74) is 4.32. The lowest BCUT2D eigenvalue weighted by atomic mass is 9.98. The molecular weight excluding hydrogens is 438 g/mol. The summed E-state index contributed by atoms with van der Waals surface area (Å²) in [7, 11) is 1.64. The fraction of sp³-hybridized carbons (Fsp3) is 0.360. The molecule has 0 saturated carbocycles. The maximum atomic E-state index is 12.7. The highest BCUT2D eigenvalue weighted by molar-refractivity contribution is 5.88. The van der Waals surface area contributed by atoms with Crippen molar-refractivity contribution in [1.29, 1.82) is 0 Å². The Balaban J connectivity index is 1.39. The zero-order valence-electron chi connectivity index (χ0n) is 18.8. The molecular formula is C25H27N3O6. The number of rotatable bonds is 8. The minimum atomic E-state index is -1.09. The van der Waals surface area contributed by atoms with Crippen LogP contribution in [0.25, 0.3) is 11.1 Å². The average Bonchev–Trinajstić information content (AvgIpc) is 3.30. The van der Waals surface area contributed by atoms with E-state index in [-0.39, 0.29) is 43.7 Å². The fourth-order valence-electron chi connectivity index (χ4n) is 4.58. The van der Waals surface area contributed by atoms with Crippen molar-refractivity contribution >= 4 is 23.9 Å². The Morgan fingerprint density at radius 2 is 1.71 bits per heavy atom. The summed E-state index contributed by atoms with van der Waals surface area (Å²) in [4.78, 5) is 49.6. The van der Waals surface area contributed by atoms with Gasteiger partial charge in [-0.05, 0) is 28.7 Å². The van der Waals surface area contributed by atoms with Crippen molar-refractivity contribution in [2.75, 3.05) is 20.2 Å². The van der Waals surface area contributed by atoms with E-state index in [1.807, 2.05) is 48.5 Å². The Morgan fingerprint density at radius 3 is 2.26 bits per heavy atom. The van der Waals surface area contributed by atoms with Gasteiger partial charge >= 0.3 is 12.1 Å². The van der Waals surface area contributed by atoms with Crippen molar-refractivity contribution in [2.24, 2.45) is 0 Å². The monoisotopic (exact) mass is 465 g/mol. The fourth-order valence-corrected chi connectivity index (χ4v) is 4.58. The van der Waals surface area contributed by atoms with Crippen LogP contribution in [-0.4, -0.2) is 66.2 Å². The number of ether oxygens (including phenoxy) is 1. The summed E-state index contributed by atoms with van der Waals surface area (Å²) in [5.74, 6) is -1.84. The number of amides is 3. The third-order valence-corrected chi connectivity index (χ3v) is 6.29. The number of aliphatic carboxylic acids is 1. The van der Waals surface area contributed by atoms with Crippen LogP contribution in [0.2, 0.25) is 0 Å². The molecule has 0 aromatic heterocycles. The normalized spacial score (nSPS) is 17.6. The summed E-state index contributed by atoms with van der Waals surface area (Å²) < 4.78 is 5.49. The molecule has 1 fully saturated rings. The summed E-state index contributed by atoms with van der Waals surface area (Å²) >= 11 is 0. The summed E-state index contributed by atoms with van der Waals surface area (Å²) in [5, 5.41) is 14.3. The van der Waals surface area contributed by atoms with E-state index in [4.69, 9.17) is 9.84 Å². The molecule has 0 spiro atoms. The number of nitrogens with one attached hydrogen (secondary N) is 2. The zero-order chi connectivity index (χ0) is 24.2. The standard InChI is InChI=1S/C25H27N3O6/c1-28-13-15(12-22(28)29)26-24(32)21(10-11-23(30)31)27-25(33)34-14-20-18-8-4-2-6-16(18)17-7-3-5-9-19(17)20/h2-9,15,20-21H,10-14H2,1H3,(H,26,32)(H,27,33)(H,30,31). The third kappa shape index (κ3) is 5.03. The number of alkyl carbamates (subject to hydrolysis) is 1. The van der Waals surface area contributed by atoms with E-state index < -0.39 is 24.0 Å². The van der Waals surface area contributed by atoms with Crippen LogP contribution < -0.4 is 10.6 Å². The lowest BCUT2D eigenvalue weighted by Crippen LogP contribution is -2.50. The smallest absolute Gasteiger partial charge is 0.407 e. The molecule has 178 valence electrons. The minimum absolute atomic E-state index is 0.0784. The van der Waals surface area contributed by atoms with Crippen molar-refractivity contribution in [3.05, 3.63) is 59.7 Å². The van der Waals surface area contributed by atoms with Crippen LogP contribution in [0.4, 0.5) is 4.79 Å². The lowest BCUT2D eigenvalue weighted by Gasteiger charge is -2.21. The van der Waals surface area contributed by atoms with E-state index in [0.717, 1.165) is 22.3 Å². The molecule has 2 aromatic rings. The van der Waals surface area contributed by atoms with Gasteiger partial charge in [0.25, 0.3) is 0 Å². The maximum absolute atomic E-state index is 12.7. The van der Waals surface area contributed by atoms with Crippen LogP contribution >= 0.6 is 0 Å². The Labute approximate surface area is 197 Å². The van der Waals surface area contributed by atoms with Gasteiger partial charge in [0.1, 0.15) is 12.6 Å². The Kier molecular flexibility index (Phi) is 6.81. The second-order valence-electron chi connectivity index (χ2n) is 8.64. The second kappa shape index (κ2) is 9.94. The Morgan fingerprint density at radius 1 is 1.09 bits per heavy atom. The maximum Gasteiger partial charge on any atom is 0.407 e. The van der Waals surface area contributed by atoms with Crippen molar-refractivity contribution < 1.29 is 29.0 Å². The number of carbonyl (C=O) groups is 4. The molecule has 2 aromatic carbocycles. The van der Waals surface area contributed by atoms with Gasteiger partial charge in [0, 0.05) is 32.4 Å². The number of hydrogen-bond donors (Lipinski definition) is 3. The molecule has 3 N–H and O–H groups in total. The SMILES string of the molecule is CN1CC(NC(=O)C(CCC(=O)O)NC(=O)OCC2c3ccccc3-c3ccccc32)CC1=O. The molecule has 9 heteroatoms. The van der Waals surface area contributed by atoms with Crippen molar-refractivity contribution in [1.82, 2.24) is 15.5 Å². The molecule has 2 aliphatic rings. The molecule has 1 aliphatic heterocycles. The van der Waals surface area contributed by atoms with Crippen molar-refractivity contribution in [2.45, 2.75) is 37.3 Å². The molecule has 2 unspecified atom stereocenters. The predicted molar refractivity (Wildman–Crippen MR) is 123 cm³/mol. The van der Waals surface area contributed by atoms with Gasteiger partial charge in [-0.15, -0.1) is 0 Å². The Hall–Kier alpha value is -3.88. The number of carboxylic acids is 1. The highest BCUT2D eigenvalue weighted by atomic mass is 16.5. The number of hydrogen-bond acceptors (Lipinski definition) is 5. The van der Waals surface area contributed by atoms with E-state index in [0.29, 0.717) is 6.54 Å². The van der Waals surface area contributed by atoms with E-state index in [1.54, 1.807) is 7.05 Å². The molecule has 9 nitrogen and oxygen atoms in total. The van der Waals surface area contributed by atoms with Crippen LogP contribution in [-0.2, 0) is 19.1 Å². The average molecular weight is 466 g/mol. The molecule has 0 bridgehead atoms. The van der Waals surface area contributed by atoms with Crippen molar-refractivity contribution in [3.63, 3.8) is 0 Å². The van der Waals surface area contributed by atoms with Gasteiger partial charge in [-0.2, -0.15) is 0 Å². The molecule has 0 radical (unpaired) electrons. The van der Waals surface area contributed by atoms with Gasteiger partial charge in [-0.1, -0.05) is 48.5 Å². The van der Waals surface area contributed by atoms with Crippen LogP contribution in [0.1, 0.15) is 36.3 Å². The topological polar surface area (TPSA) is 125 Å². The van der Waals surface area contributed by atoms with E-state index in [1.165, 1.54) is 4.90 Å². The van der Waals surface area contributed by atoms with E-state index in [2.05, 4.69) is 10.6 Å². The first kappa shape index (κ1) is 23.3. The largest absolute Gasteiger partial charge is 0.481 e. The van der Waals surface area contributed by atoms with Gasteiger partial charge < -0.3 is 25.4 Å². The van der Waals surface area contributed by atoms with Crippen LogP contribution in [0.3, 0.4) is 0 Å². The number of likely N-dealkylation sites (tertiary alicyclic amines) is 1. The first-order chi connectivity index (χ1) is 16.3. The lowest BCUT2D eigenvalue weighted by molar-refractivity contribution is -0.137. The summed E-state index contributed by atoms with van der Waals surface area (Å²) in [6.45, 7) is 0.441. The molecule has 34 heavy (non-hydrogen) atoms.